The van der Waals surface area contributed by atoms with Crippen LogP contribution in [0.1, 0.15) is 23.7 Å². The number of anilines is 1. The molecule has 10 heteroatoms. The van der Waals surface area contributed by atoms with Crippen molar-refractivity contribution in [1.82, 2.24) is 5.43 Å². The highest BCUT2D eigenvalue weighted by atomic mass is 35.5. The molecular weight excluding hydrogens is 395 g/mol. The average molecular weight is 409 g/mol. The van der Waals surface area contributed by atoms with Crippen molar-refractivity contribution < 1.29 is 14.5 Å². The number of rotatable bonds is 6. The van der Waals surface area contributed by atoms with Crippen LogP contribution in [0.25, 0.3) is 0 Å². The van der Waals surface area contributed by atoms with Gasteiger partial charge in [-0.15, -0.1) is 0 Å². The summed E-state index contributed by atoms with van der Waals surface area (Å²) in [5.74, 6) is -0.921. The third-order valence-electron chi connectivity index (χ3n) is 3.30. The molecule has 0 fully saturated rings. The molecule has 2 aromatic rings. The minimum absolute atomic E-state index is 0.0378. The molecule has 2 N–H and O–H groups in total. The third kappa shape index (κ3) is 6.05. The van der Waals surface area contributed by atoms with E-state index in [1.165, 1.54) is 12.1 Å². The molecule has 0 unspecified atom stereocenters. The van der Waals surface area contributed by atoms with Crippen LogP contribution in [0, 0.1) is 10.1 Å². The van der Waals surface area contributed by atoms with E-state index in [1.807, 2.05) is 0 Å². The fourth-order valence-corrected chi connectivity index (χ4v) is 2.39. The zero-order chi connectivity index (χ0) is 20.0. The van der Waals surface area contributed by atoms with E-state index in [0.717, 1.165) is 6.07 Å². The molecule has 140 valence electrons. The van der Waals surface area contributed by atoms with E-state index in [-0.39, 0.29) is 28.6 Å². The Labute approximate surface area is 164 Å². The first-order valence-corrected chi connectivity index (χ1v) is 8.34. The highest BCUT2D eigenvalue weighted by molar-refractivity contribution is 6.33. The molecule has 0 saturated carbocycles. The second-order valence-electron chi connectivity index (χ2n) is 5.44. The number of hydrazone groups is 1. The molecular formula is C17H14Cl2N4O4. The summed E-state index contributed by atoms with van der Waals surface area (Å²) in [5.41, 5.74) is 3.03. The summed E-state index contributed by atoms with van der Waals surface area (Å²) in [6.07, 6.45) is -0.0378. The third-order valence-corrected chi connectivity index (χ3v) is 3.85. The topological polar surface area (TPSA) is 114 Å². The molecule has 0 spiro atoms. The summed E-state index contributed by atoms with van der Waals surface area (Å²) < 4.78 is 0. The lowest BCUT2D eigenvalue weighted by atomic mass is 10.2. The highest BCUT2D eigenvalue weighted by Gasteiger charge is 2.15. The van der Waals surface area contributed by atoms with Gasteiger partial charge in [0, 0.05) is 28.1 Å². The van der Waals surface area contributed by atoms with Gasteiger partial charge in [0.15, 0.2) is 0 Å². The van der Waals surface area contributed by atoms with Gasteiger partial charge in [-0.25, -0.2) is 5.43 Å². The molecule has 0 atom stereocenters. The highest BCUT2D eigenvalue weighted by Crippen LogP contribution is 2.24. The van der Waals surface area contributed by atoms with Crippen molar-refractivity contribution in [2.45, 2.75) is 13.3 Å². The molecule has 0 radical (unpaired) electrons. The molecule has 0 aliphatic carbocycles. The zero-order valence-electron chi connectivity index (χ0n) is 14.0. The maximum absolute atomic E-state index is 12.0. The lowest BCUT2D eigenvalue weighted by Gasteiger charge is -2.06. The molecule has 0 saturated heterocycles. The number of nitro benzene ring substituents is 1. The predicted octanol–water partition coefficient (Wildman–Crippen LogP) is 4.04. The molecule has 2 aromatic carbocycles. The van der Waals surface area contributed by atoms with Crippen LogP contribution in [0.5, 0.6) is 0 Å². The fourth-order valence-electron chi connectivity index (χ4n) is 2.02. The number of nitrogens with one attached hydrogen (secondary N) is 2. The monoisotopic (exact) mass is 408 g/mol. The summed E-state index contributed by atoms with van der Waals surface area (Å²) in [5, 5.41) is 17.6. The Balaban J connectivity index is 1.93. The number of hydrogen-bond acceptors (Lipinski definition) is 5. The number of carbonyl (C=O) groups excluding carboxylic acids is 2. The Morgan fingerprint density at radius 3 is 2.41 bits per heavy atom. The van der Waals surface area contributed by atoms with Crippen LogP contribution >= 0.6 is 23.2 Å². The van der Waals surface area contributed by atoms with Crippen molar-refractivity contribution in [3.8, 4) is 0 Å². The van der Waals surface area contributed by atoms with Gasteiger partial charge in [0.2, 0.25) is 5.91 Å². The first-order valence-electron chi connectivity index (χ1n) is 7.59. The Hall–Kier alpha value is -2.97. The molecule has 0 aliphatic rings. The quantitative estimate of drug-likeness (QED) is 0.426. The van der Waals surface area contributed by atoms with Crippen LogP contribution in [0.3, 0.4) is 0 Å². The molecule has 0 aliphatic heterocycles. The van der Waals surface area contributed by atoms with Gasteiger partial charge in [-0.2, -0.15) is 5.10 Å². The smallest absolute Gasteiger partial charge is 0.287 e. The largest absolute Gasteiger partial charge is 0.326 e. The maximum atomic E-state index is 12.0. The summed E-state index contributed by atoms with van der Waals surface area (Å²) >= 11 is 11.5. The van der Waals surface area contributed by atoms with E-state index in [2.05, 4.69) is 15.8 Å². The number of benzene rings is 2. The van der Waals surface area contributed by atoms with Gasteiger partial charge < -0.3 is 5.32 Å². The molecule has 2 rings (SSSR count). The number of carbonyl (C=O) groups is 2. The van der Waals surface area contributed by atoms with E-state index in [1.54, 1.807) is 31.2 Å². The SMILES string of the molecule is CC(CC(=O)Nc1ccc(Cl)cc1)=NNC(=O)c1ccc([N+](=O)[O-])c(Cl)c1. The van der Waals surface area contributed by atoms with Crippen LogP contribution in [0.4, 0.5) is 11.4 Å². The van der Waals surface area contributed by atoms with Crippen molar-refractivity contribution in [3.05, 3.63) is 68.2 Å². The Bertz CT molecular complexity index is 914. The lowest BCUT2D eigenvalue weighted by Crippen LogP contribution is -2.21. The van der Waals surface area contributed by atoms with Gasteiger partial charge in [-0.3, -0.25) is 19.7 Å². The second kappa shape index (κ2) is 9.11. The van der Waals surface area contributed by atoms with Gasteiger partial charge >= 0.3 is 0 Å². The molecule has 0 aromatic heterocycles. The van der Waals surface area contributed by atoms with E-state index < -0.39 is 10.8 Å². The lowest BCUT2D eigenvalue weighted by molar-refractivity contribution is -0.384. The van der Waals surface area contributed by atoms with E-state index >= 15 is 0 Å². The van der Waals surface area contributed by atoms with Gasteiger partial charge in [0.1, 0.15) is 5.02 Å². The minimum atomic E-state index is -0.647. The van der Waals surface area contributed by atoms with Gasteiger partial charge in [-0.05, 0) is 43.3 Å². The average Bonchev–Trinajstić information content (AvgIpc) is 2.61. The van der Waals surface area contributed by atoms with Crippen LogP contribution in [-0.2, 0) is 4.79 Å². The number of hydrogen-bond donors (Lipinski definition) is 2. The van der Waals surface area contributed by atoms with Crippen molar-refractivity contribution in [2.75, 3.05) is 5.32 Å². The first-order chi connectivity index (χ1) is 12.8. The standard InChI is InChI=1S/C17H14Cl2N4O4/c1-10(8-16(24)20-13-5-3-12(18)4-6-13)21-22-17(25)11-2-7-15(23(26)27)14(19)9-11/h2-7,9H,8H2,1H3,(H,20,24)(H,22,25). The van der Waals surface area contributed by atoms with Crippen LogP contribution < -0.4 is 10.7 Å². The van der Waals surface area contributed by atoms with Gasteiger partial charge in [0.25, 0.3) is 11.6 Å². The second-order valence-corrected chi connectivity index (χ2v) is 6.29. The summed E-state index contributed by atoms with van der Waals surface area (Å²) in [6.45, 7) is 1.57. The number of amides is 2. The first kappa shape index (κ1) is 20.3. The van der Waals surface area contributed by atoms with Gasteiger partial charge in [-0.1, -0.05) is 23.2 Å². The summed E-state index contributed by atoms with van der Waals surface area (Å²) in [6, 6.07) is 10.2. The zero-order valence-corrected chi connectivity index (χ0v) is 15.5. The van der Waals surface area contributed by atoms with Crippen molar-refractivity contribution >= 4 is 52.1 Å². The normalized spacial score (nSPS) is 11.0. The van der Waals surface area contributed by atoms with E-state index in [9.17, 15) is 19.7 Å². The van der Waals surface area contributed by atoms with Crippen LogP contribution in [0.15, 0.2) is 47.6 Å². The van der Waals surface area contributed by atoms with E-state index in [0.29, 0.717) is 16.4 Å². The number of halogens is 2. The summed E-state index contributed by atoms with van der Waals surface area (Å²) in [4.78, 5) is 34.1. The van der Waals surface area contributed by atoms with Gasteiger partial charge in [0.05, 0.1) is 11.3 Å². The van der Waals surface area contributed by atoms with Crippen molar-refractivity contribution in [3.63, 3.8) is 0 Å². The van der Waals surface area contributed by atoms with Crippen LogP contribution in [0.2, 0.25) is 10.0 Å². The number of nitrogens with zero attached hydrogens (tertiary/aromatic N) is 2. The number of nitro groups is 1. The Kier molecular flexibility index (Phi) is 6.86. The van der Waals surface area contributed by atoms with Crippen molar-refractivity contribution in [1.29, 1.82) is 0 Å². The molecule has 8 nitrogen and oxygen atoms in total. The molecule has 0 heterocycles. The van der Waals surface area contributed by atoms with Crippen molar-refractivity contribution in [2.24, 2.45) is 5.10 Å². The molecule has 2 amide bonds. The fraction of sp³-hybridized carbons (Fsp3) is 0.118. The molecule has 27 heavy (non-hydrogen) atoms. The Morgan fingerprint density at radius 1 is 1.15 bits per heavy atom. The van der Waals surface area contributed by atoms with Crippen LogP contribution in [-0.4, -0.2) is 22.4 Å². The summed E-state index contributed by atoms with van der Waals surface area (Å²) in [7, 11) is 0. The van der Waals surface area contributed by atoms with E-state index in [4.69, 9.17) is 23.2 Å². The predicted molar refractivity (Wildman–Crippen MR) is 103 cm³/mol. The minimum Gasteiger partial charge on any atom is -0.326 e. The Morgan fingerprint density at radius 2 is 1.81 bits per heavy atom. The maximum Gasteiger partial charge on any atom is 0.287 e. The molecule has 0 bridgehead atoms.